The Labute approximate surface area is 108 Å². The third-order valence-electron chi connectivity index (χ3n) is 4.54. The van der Waals surface area contributed by atoms with E-state index in [-0.39, 0.29) is 11.9 Å². The van der Waals surface area contributed by atoms with E-state index in [1.165, 1.54) is 24.8 Å². The van der Waals surface area contributed by atoms with E-state index in [0.717, 1.165) is 17.9 Å². The summed E-state index contributed by atoms with van der Waals surface area (Å²) in [6, 6.07) is 8.17. The predicted octanol–water partition coefficient (Wildman–Crippen LogP) is 3.47. The van der Waals surface area contributed by atoms with Crippen LogP contribution < -0.4 is 0 Å². The second kappa shape index (κ2) is 4.75. The lowest BCUT2D eigenvalue weighted by atomic mass is 9.89. The van der Waals surface area contributed by atoms with Crippen molar-refractivity contribution in [2.75, 3.05) is 0 Å². The molecule has 0 radical (unpaired) electrons. The number of aryl methyl sites for hydroxylation is 1. The van der Waals surface area contributed by atoms with Crippen LogP contribution in [0.1, 0.15) is 36.8 Å². The standard InChI is InChI=1S/C16H20O2/c1-11-2-4-12(5-3-11)10-18-16(17)15-9-13-6-7-14(15)8-13/h2-5,13-15H,6-10H2,1H3. The Bertz CT molecular complexity index is 435. The third-order valence-corrected chi connectivity index (χ3v) is 4.54. The average molecular weight is 244 g/mol. The number of carbonyl (C=O) groups is 1. The number of carbonyl (C=O) groups excluding carboxylic acids is 1. The van der Waals surface area contributed by atoms with E-state index in [9.17, 15) is 4.79 Å². The van der Waals surface area contributed by atoms with Crippen LogP contribution in [0, 0.1) is 24.7 Å². The molecule has 3 unspecified atom stereocenters. The Hall–Kier alpha value is -1.31. The number of esters is 1. The highest BCUT2D eigenvalue weighted by molar-refractivity contribution is 5.73. The molecule has 0 amide bonds. The molecule has 2 saturated carbocycles. The van der Waals surface area contributed by atoms with Crippen molar-refractivity contribution in [3.8, 4) is 0 Å². The fourth-order valence-corrected chi connectivity index (χ4v) is 3.48. The van der Waals surface area contributed by atoms with Crippen molar-refractivity contribution in [2.24, 2.45) is 17.8 Å². The molecule has 3 rings (SSSR count). The lowest BCUT2D eigenvalue weighted by Gasteiger charge is -2.19. The second-order valence-corrected chi connectivity index (χ2v) is 5.87. The monoisotopic (exact) mass is 244 g/mol. The summed E-state index contributed by atoms with van der Waals surface area (Å²) in [4.78, 5) is 12.1. The molecule has 18 heavy (non-hydrogen) atoms. The van der Waals surface area contributed by atoms with E-state index >= 15 is 0 Å². The van der Waals surface area contributed by atoms with E-state index < -0.39 is 0 Å². The number of ether oxygens (including phenoxy) is 1. The molecule has 0 N–H and O–H groups in total. The molecular formula is C16H20O2. The van der Waals surface area contributed by atoms with Crippen LogP contribution in [0.3, 0.4) is 0 Å². The molecule has 0 spiro atoms. The minimum absolute atomic E-state index is 0.0303. The van der Waals surface area contributed by atoms with Gasteiger partial charge in [0.25, 0.3) is 0 Å². The van der Waals surface area contributed by atoms with Gasteiger partial charge in [-0.05, 0) is 43.6 Å². The highest BCUT2D eigenvalue weighted by Gasteiger charge is 2.43. The highest BCUT2D eigenvalue weighted by Crippen LogP contribution is 2.48. The van der Waals surface area contributed by atoms with Gasteiger partial charge in [-0.1, -0.05) is 36.2 Å². The van der Waals surface area contributed by atoms with Crippen LogP contribution in [0.4, 0.5) is 0 Å². The van der Waals surface area contributed by atoms with E-state index in [2.05, 4.69) is 19.1 Å². The number of benzene rings is 1. The predicted molar refractivity (Wildman–Crippen MR) is 69.9 cm³/mol. The number of hydrogen-bond acceptors (Lipinski definition) is 2. The van der Waals surface area contributed by atoms with Crippen molar-refractivity contribution in [3.05, 3.63) is 35.4 Å². The first-order valence-corrected chi connectivity index (χ1v) is 6.94. The first-order valence-electron chi connectivity index (χ1n) is 6.94. The molecule has 1 aromatic rings. The summed E-state index contributed by atoms with van der Waals surface area (Å²) in [5.41, 5.74) is 2.32. The largest absolute Gasteiger partial charge is 0.461 e. The Kier molecular flexibility index (Phi) is 3.11. The molecule has 2 fully saturated rings. The maximum atomic E-state index is 12.1. The highest BCUT2D eigenvalue weighted by atomic mass is 16.5. The molecule has 0 aliphatic heterocycles. The minimum atomic E-state index is 0.0303. The van der Waals surface area contributed by atoms with Crippen LogP contribution in [0.5, 0.6) is 0 Å². The van der Waals surface area contributed by atoms with Crippen molar-refractivity contribution in [2.45, 2.75) is 39.2 Å². The average Bonchev–Trinajstić information content (AvgIpc) is 3.00. The van der Waals surface area contributed by atoms with Crippen LogP contribution >= 0.6 is 0 Å². The zero-order chi connectivity index (χ0) is 12.5. The first kappa shape index (κ1) is 11.8. The molecule has 0 heterocycles. The van der Waals surface area contributed by atoms with E-state index in [4.69, 9.17) is 4.74 Å². The zero-order valence-electron chi connectivity index (χ0n) is 10.9. The van der Waals surface area contributed by atoms with Crippen LogP contribution in [-0.4, -0.2) is 5.97 Å². The van der Waals surface area contributed by atoms with Crippen molar-refractivity contribution in [1.29, 1.82) is 0 Å². The summed E-state index contributed by atoms with van der Waals surface area (Å²) < 4.78 is 5.47. The molecule has 2 bridgehead atoms. The maximum Gasteiger partial charge on any atom is 0.309 e. The van der Waals surface area contributed by atoms with Crippen molar-refractivity contribution >= 4 is 5.97 Å². The lowest BCUT2D eigenvalue weighted by Crippen LogP contribution is -2.23. The van der Waals surface area contributed by atoms with Gasteiger partial charge in [0.15, 0.2) is 0 Å². The Balaban J connectivity index is 1.54. The molecular weight excluding hydrogens is 224 g/mol. The van der Waals surface area contributed by atoms with E-state index in [1.54, 1.807) is 0 Å². The minimum Gasteiger partial charge on any atom is -0.461 e. The topological polar surface area (TPSA) is 26.3 Å². The summed E-state index contributed by atoms with van der Waals surface area (Å²) in [5.74, 6) is 1.63. The summed E-state index contributed by atoms with van der Waals surface area (Å²) in [6.07, 6.45) is 4.88. The summed E-state index contributed by atoms with van der Waals surface area (Å²) in [6.45, 7) is 2.48. The molecule has 3 atom stereocenters. The van der Waals surface area contributed by atoms with Crippen molar-refractivity contribution in [1.82, 2.24) is 0 Å². The van der Waals surface area contributed by atoms with Gasteiger partial charge in [0.05, 0.1) is 5.92 Å². The molecule has 2 nitrogen and oxygen atoms in total. The number of fused-ring (bicyclic) bond motifs is 2. The van der Waals surface area contributed by atoms with Gasteiger partial charge in [-0.25, -0.2) is 0 Å². The van der Waals surface area contributed by atoms with Gasteiger partial charge >= 0.3 is 5.97 Å². The fourth-order valence-electron chi connectivity index (χ4n) is 3.48. The SMILES string of the molecule is Cc1ccc(COC(=O)C2CC3CCC2C3)cc1. The third kappa shape index (κ3) is 2.29. The van der Waals surface area contributed by atoms with E-state index in [1.807, 2.05) is 12.1 Å². The molecule has 96 valence electrons. The number of hydrogen-bond donors (Lipinski definition) is 0. The molecule has 0 aromatic heterocycles. The molecule has 1 aromatic carbocycles. The smallest absolute Gasteiger partial charge is 0.309 e. The quantitative estimate of drug-likeness (QED) is 0.761. The molecule has 2 aliphatic carbocycles. The van der Waals surface area contributed by atoms with Crippen molar-refractivity contribution in [3.63, 3.8) is 0 Å². The van der Waals surface area contributed by atoms with E-state index in [0.29, 0.717) is 12.5 Å². The zero-order valence-corrected chi connectivity index (χ0v) is 10.9. The van der Waals surface area contributed by atoms with Crippen LogP contribution in [0.15, 0.2) is 24.3 Å². The van der Waals surface area contributed by atoms with Crippen LogP contribution in [0.2, 0.25) is 0 Å². The Morgan fingerprint density at radius 3 is 2.61 bits per heavy atom. The summed E-state index contributed by atoms with van der Waals surface area (Å²) in [5, 5.41) is 0. The summed E-state index contributed by atoms with van der Waals surface area (Å²) >= 11 is 0. The van der Waals surface area contributed by atoms with Gasteiger partial charge in [-0.15, -0.1) is 0 Å². The number of rotatable bonds is 3. The van der Waals surface area contributed by atoms with Gasteiger partial charge in [0.1, 0.15) is 6.61 Å². The lowest BCUT2D eigenvalue weighted by molar-refractivity contribution is -0.151. The first-order chi connectivity index (χ1) is 8.72. The van der Waals surface area contributed by atoms with Gasteiger partial charge in [-0.2, -0.15) is 0 Å². The molecule has 0 saturated heterocycles. The summed E-state index contributed by atoms with van der Waals surface area (Å²) in [7, 11) is 0. The van der Waals surface area contributed by atoms with Gasteiger partial charge in [0.2, 0.25) is 0 Å². The van der Waals surface area contributed by atoms with Crippen LogP contribution in [0.25, 0.3) is 0 Å². The normalized spacial score (nSPS) is 29.5. The Morgan fingerprint density at radius 2 is 2.00 bits per heavy atom. The fraction of sp³-hybridized carbons (Fsp3) is 0.562. The van der Waals surface area contributed by atoms with Crippen LogP contribution in [-0.2, 0) is 16.1 Å². The molecule has 2 aliphatic rings. The Morgan fingerprint density at radius 1 is 1.22 bits per heavy atom. The second-order valence-electron chi connectivity index (χ2n) is 5.87. The van der Waals surface area contributed by atoms with Gasteiger partial charge in [0, 0.05) is 0 Å². The van der Waals surface area contributed by atoms with Gasteiger partial charge in [-0.3, -0.25) is 4.79 Å². The van der Waals surface area contributed by atoms with Gasteiger partial charge < -0.3 is 4.74 Å². The molecule has 2 heteroatoms. The maximum absolute atomic E-state index is 12.1. The van der Waals surface area contributed by atoms with Crippen molar-refractivity contribution < 1.29 is 9.53 Å².